The molecule has 0 saturated carbocycles. The van der Waals surface area contributed by atoms with Gasteiger partial charge in [-0.3, -0.25) is 24.5 Å². The Bertz CT molecular complexity index is 1750. The quantitative estimate of drug-likeness (QED) is 0.147. The number of nitrogens with zero attached hydrogens (tertiary/aromatic N) is 3. The highest BCUT2D eigenvalue weighted by Crippen LogP contribution is 2.47. The number of carbonyl (C=O) groups excluding carboxylic acids is 3. The third kappa shape index (κ3) is 6.34. The van der Waals surface area contributed by atoms with Gasteiger partial charge in [-0.05, 0) is 60.7 Å². The minimum Gasteiger partial charge on any atom is -0.394 e. The molecular weight excluding hydrogens is 614 g/mol. The van der Waals surface area contributed by atoms with Gasteiger partial charge in [0.1, 0.15) is 0 Å². The molecule has 3 amide bonds. The highest BCUT2D eigenvalue weighted by molar-refractivity contribution is 6.07. The maximum atomic E-state index is 14.0. The van der Waals surface area contributed by atoms with Gasteiger partial charge in [-0.2, -0.15) is 0 Å². The molecule has 3 heterocycles. The van der Waals surface area contributed by atoms with Crippen LogP contribution in [0.25, 0.3) is 0 Å². The van der Waals surface area contributed by atoms with Crippen molar-refractivity contribution in [2.24, 2.45) is 5.92 Å². The first-order valence-corrected chi connectivity index (χ1v) is 16.2. The number of nitro groups is 1. The number of amides is 3. The third-order valence-corrected chi connectivity index (χ3v) is 9.67. The Balaban J connectivity index is 1.18. The molecule has 3 aliphatic rings. The molecular formula is C36H39N5O7. The zero-order valence-electron chi connectivity index (χ0n) is 26.7. The molecule has 3 aromatic carbocycles. The number of nitrogens with one attached hydrogen (secondary N) is 2. The van der Waals surface area contributed by atoms with Gasteiger partial charge in [0.05, 0.1) is 35.8 Å². The zero-order chi connectivity index (χ0) is 34.0. The minimum absolute atomic E-state index is 0.0154. The number of anilines is 2. The van der Waals surface area contributed by atoms with E-state index in [1.165, 1.54) is 23.1 Å². The largest absolute Gasteiger partial charge is 0.394 e. The highest BCUT2D eigenvalue weighted by atomic mass is 16.6. The molecule has 12 nitrogen and oxygen atoms in total. The van der Waals surface area contributed by atoms with Gasteiger partial charge >= 0.3 is 0 Å². The summed E-state index contributed by atoms with van der Waals surface area (Å²) in [6, 6.07) is 18.3. The molecule has 0 aliphatic carbocycles. The van der Waals surface area contributed by atoms with Crippen molar-refractivity contribution in [2.45, 2.75) is 63.4 Å². The van der Waals surface area contributed by atoms with Crippen LogP contribution in [-0.2, 0) is 39.5 Å². The van der Waals surface area contributed by atoms with Crippen LogP contribution in [0, 0.1) is 16.0 Å². The molecule has 4 N–H and O–H groups in total. The lowest BCUT2D eigenvalue weighted by Gasteiger charge is -2.36. The number of hydrogen-bond donors (Lipinski definition) is 4. The topological polar surface area (TPSA) is 165 Å². The monoisotopic (exact) mass is 653 g/mol. The maximum Gasteiger partial charge on any atom is 0.269 e. The zero-order valence-corrected chi connectivity index (χ0v) is 26.7. The first-order valence-electron chi connectivity index (χ1n) is 16.2. The standard InChI is InChI=1S/C36H39N5O7/c1-23(6-4-10-33(43)39-21-26-8-3-2-7-25(26)18-29(39)22-42)36(46)30-19-28(41(47)48)15-16-32(30)40(35(36)45)20-24-11-13-27(14-12-24)38-34(44)31-9-5-17-37-31/h2-4,6-8,11-16,19,23,29,31,37,42,46H,5,9-10,17-18,20-22H2,1H3,(H,38,44)/b6-4+/t23-,29-,31+,36+/m0/s1. The van der Waals surface area contributed by atoms with E-state index >= 15 is 0 Å². The lowest BCUT2D eigenvalue weighted by molar-refractivity contribution is -0.385. The number of non-ortho nitro benzene ring substituents is 1. The van der Waals surface area contributed by atoms with E-state index in [-0.39, 0.29) is 54.7 Å². The number of aliphatic hydroxyl groups excluding tert-OH is 1. The van der Waals surface area contributed by atoms with E-state index in [2.05, 4.69) is 10.6 Å². The Morgan fingerprint density at radius 1 is 1.15 bits per heavy atom. The first-order chi connectivity index (χ1) is 23.1. The molecule has 0 radical (unpaired) electrons. The smallest absolute Gasteiger partial charge is 0.269 e. The molecule has 6 rings (SSSR count). The summed E-state index contributed by atoms with van der Waals surface area (Å²) in [6.07, 6.45) is 5.45. The van der Waals surface area contributed by atoms with Crippen LogP contribution in [0.2, 0.25) is 0 Å². The molecule has 0 bridgehead atoms. The van der Waals surface area contributed by atoms with Crippen LogP contribution in [0.1, 0.15) is 48.4 Å². The second-order valence-electron chi connectivity index (χ2n) is 12.7. The van der Waals surface area contributed by atoms with Crippen LogP contribution >= 0.6 is 0 Å². The van der Waals surface area contributed by atoms with Crippen LogP contribution in [0.4, 0.5) is 17.1 Å². The second-order valence-corrected chi connectivity index (χ2v) is 12.7. The molecule has 250 valence electrons. The van der Waals surface area contributed by atoms with Gasteiger partial charge in [-0.1, -0.05) is 55.5 Å². The molecule has 1 saturated heterocycles. The third-order valence-electron chi connectivity index (χ3n) is 9.67. The van der Waals surface area contributed by atoms with Gasteiger partial charge in [0, 0.05) is 42.3 Å². The number of fused-ring (bicyclic) bond motifs is 2. The Labute approximate surface area is 278 Å². The minimum atomic E-state index is -2.12. The van der Waals surface area contributed by atoms with Crippen LogP contribution < -0.4 is 15.5 Å². The van der Waals surface area contributed by atoms with Gasteiger partial charge < -0.3 is 30.6 Å². The molecule has 3 aromatic rings. The van der Waals surface area contributed by atoms with Crippen molar-refractivity contribution in [3.05, 3.63) is 111 Å². The Morgan fingerprint density at radius 2 is 1.90 bits per heavy atom. The summed E-state index contributed by atoms with van der Waals surface area (Å²) in [5.74, 6) is -1.79. The van der Waals surface area contributed by atoms with Gasteiger partial charge in [-0.15, -0.1) is 0 Å². The predicted molar refractivity (Wildman–Crippen MR) is 179 cm³/mol. The van der Waals surface area contributed by atoms with E-state index < -0.39 is 22.3 Å². The number of rotatable bonds is 10. The summed E-state index contributed by atoms with van der Waals surface area (Å²) >= 11 is 0. The van der Waals surface area contributed by atoms with Crippen LogP contribution in [0.15, 0.2) is 78.9 Å². The average Bonchev–Trinajstić information content (AvgIpc) is 3.71. The molecule has 3 aliphatic heterocycles. The number of aliphatic hydroxyl groups is 2. The average molecular weight is 654 g/mol. The van der Waals surface area contributed by atoms with Crippen molar-refractivity contribution in [3.63, 3.8) is 0 Å². The SMILES string of the molecule is C[C@@H](/C=C/CC(=O)N1Cc2ccccc2C[C@H]1CO)[C@]1(O)C(=O)N(Cc2ccc(NC(=O)[C@H]3CCCN3)cc2)c2ccc([N+](=O)[O-])cc21. The van der Waals surface area contributed by atoms with Crippen LogP contribution in [0.3, 0.4) is 0 Å². The number of carbonyl (C=O) groups is 3. The van der Waals surface area contributed by atoms with Gasteiger partial charge in [-0.25, -0.2) is 0 Å². The lowest BCUT2D eigenvalue weighted by Crippen LogP contribution is -2.46. The molecule has 0 aromatic heterocycles. The first kappa shape index (κ1) is 33.0. The normalized spacial score (nSPS) is 22.4. The summed E-state index contributed by atoms with van der Waals surface area (Å²) in [4.78, 5) is 53.9. The van der Waals surface area contributed by atoms with Crippen molar-refractivity contribution in [3.8, 4) is 0 Å². The second kappa shape index (κ2) is 13.7. The summed E-state index contributed by atoms with van der Waals surface area (Å²) < 4.78 is 0. The molecule has 48 heavy (non-hydrogen) atoms. The molecule has 0 unspecified atom stereocenters. The van der Waals surface area contributed by atoms with Crippen molar-refractivity contribution in [2.75, 3.05) is 23.4 Å². The summed E-state index contributed by atoms with van der Waals surface area (Å²) in [6.45, 7) is 2.73. The summed E-state index contributed by atoms with van der Waals surface area (Å²) in [5, 5.41) is 39.7. The fourth-order valence-corrected chi connectivity index (χ4v) is 6.89. The number of hydrogen-bond acceptors (Lipinski definition) is 8. The fraction of sp³-hybridized carbons (Fsp3) is 0.361. The number of nitro benzene ring substituents is 1. The van der Waals surface area contributed by atoms with E-state index in [1.807, 2.05) is 24.3 Å². The van der Waals surface area contributed by atoms with Gasteiger partial charge in [0.25, 0.3) is 11.6 Å². The van der Waals surface area contributed by atoms with Crippen molar-refractivity contribution in [1.29, 1.82) is 0 Å². The summed E-state index contributed by atoms with van der Waals surface area (Å²) in [5.41, 5.74) is 1.56. The molecule has 0 spiro atoms. The summed E-state index contributed by atoms with van der Waals surface area (Å²) in [7, 11) is 0. The number of benzene rings is 3. The molecule has 12 heteroatoms. The Morgan fingerprint density at radius 3 is 2.58 bits per heavy atom. The van der Waals surface area contributed by atoms with E-state index in [9.17, 15) is 34.7 Å². The molecule has 1 fully saturated rings. The Kier molecular flexibility index (Phi) is 9.40. The van der Waals surface area contributed by atoms with Crippen LogP contribution in [-0.4, -0.2) is 63.0 Å². The van der Waals surface area contributed by atoms with Crippen molar-refractivity contribution < 1.29 is 29.5 Å². The van der Waals surface area contributed by atoms with E-state index in [1.54, 1.807) is 48.2 Å². The molecule has 4 atom stereocenters. The van der Waals surface area contributed by atoms with Gasteiger partial charge in [0.15, 0.2) is 5.60 Å². The fourth-order valence-electron chi connectivity index (χ4n) is 6.89. The highest BCUT2D eigenvalue weighted by Gasteiger charge is 2.53. The Hall–Kier alpha value is -4.91. The predicted octanol–water partition coefficient (Wildman–Crippen LogP) is 3.55. The van der Waals surface area contributed by atoms with Gasteiger partial charge in [0.2, 0.25) is 11.8 Å². The van der Waals surface area contributed by atoms with E-state index in [0.717, 1.165) is 36.1 Å². The van der Waals surface area contributed by atoms with E-state index in [4.69, 9.17) is 0 Å². The lowest BCUT2D eigenvalue weighted by atomic mass is 9.82. The van der Waals surface area contributed by atoms with Crippen molar-refractivity contribution >= 4 is 34.8 Å². The van der Waals surface area contributed by atoms with Crippen LogP contribution in [0.5, 0.6) is 0 Å². The maximum absolute atomic E-state index is 14.0. The van der Waals surface area contributed by atoms with Crippen molar-refractivity contribution in [1.82, 2.24) is 10.2 Å². The van der Waals surface area contributed by atoms with E-state index in [0.29, 0.717) is 24.3 Å².